The molecule has 4 saturated heterocycles. The van der Waals surface area contributed by atoms with Crippen molar-refractivity contribution in [3.63, 3.8) is 0 Å². The number of aryl methyl sites for hydroxylation is 1. The van der Waals surface area contributed by atoms with Gasteiger partial charge in [-0.05, 0) is 148 Å². The number of benzene rings is 4. The predicted molar refractivity (Wildman–Crippen MR) is 253 cm³/mol. The summed E-state index contributed by atoms with van der Waals surface area (Å²) in [5.41, 5.74) is 8.46. The van der Waals surface area contributed by atoms with Gasteiger partial charge in [0.15, 0.2) is 0 Å². The monoisotopic (exact) mass is 861 g/mol. The van der Waals surface area contributed by atoms with Crippen LogP contribution >= 0.6 is 0 Å². The van der Waals surface area contributed by atoms with Gasteiger partial charge in [-0.2, -0.15) is 0 Å². The highest BCUT2D eigenvalue weighted by Crippen LogP contribution is 2.37. The molecule has 11 nitrogen and oxygen atoms in total. The zero-order chi connectivity index (χ0) is 44.2. The number of carbonyl (C=O) groups excluding carboxylic acids is 4. The summed E-state index contributed by atoms with van der Waals surface area (Å²) in [6.07, 6.45) is 8.50. The van der Waals surface area contributed by atoms with Crippen LogP contribution in [0.1, 0.15) is 115 Å². The molecular formula is C53H63N7O4. The zero-order valence-corrected chi connectivity index (χ0v) is 37.5. The van der Waals surface area contributed by atoms with Crippen molar-refractivity contribution < 1.29 is 19.2 Å². The number of nitrogens with one attached hydrogen (secondary N) is 4. The Balaban J connectivity index is 0.699. The molecule has 9 rings (SSSR count). The van der Waals surface area contributed by atoms with Crippen LogP contribution in [-0.2, 0) is 20.8 Å². The molecule has 5 aliphatic heterocycles. The van der Waals surface area contributed by atoms with Crippen molar-refractivity contribution in [1.29, 1.82) is 0 Å². The number of fused-ring (bicyclic) bond motifs is 2. The third-order valence-electron chi connectivity index (χ3n) is 14.5. The maximum Gasteiger partial charge on any atom is 0.252 e. The van der Waals surface area contributed by atoms with Crippen LogP contribution in [0.25, 0.3) is 10.8 Å². The average molecular weight is 862 g/mol. The van der Waals surface area contributed by atoms with Gasteiger partial charge in [0.1, 0.15) is 6.04 Å². The zero-order valence-electron chi connectivity index (χ0n) is 37.5. The second-order valence-electron chi connectivity index (χ2n) is 18.8. The molecular weight excluding hydrogens is 799 g/mol. The lowest BCUT2D eigenvalue weighted by Crippen LogP contribution is -2.52. The van der Waals surface area contributed by atoms with E-state index < -0.39 is 0 Å². The standard InChI is InChI=1S/C53H63N7O4/c1-35-10-15-42(56-43-33-54-34-43)32-47(35)52(63)55-36(2)44-16-13-39(45-7-3-4-8-46(44)45)12-11-37-20-26-58(27-21-37)25-6-5-9-51(62)59-28-22-38(23-29-59)40-14-17-48-41(31-40)24-30-60(48)49-18-19-50(61)57-53(49)64/h3-4,7-8,10,13-17,31-32,36-38,43,49,54,56H,5-6,9,18-30,33-34H2,1-2H3,(H,55,63)(H,57,61,64). The van der Waals surface area contributed by atoms with Crippen LogP contribution in [-0.4, -0.2) is 97.9 Å². The van der Waals surface area contributed by atoms with Gasteiger partial charge >= 0.3 is 0 Å². The van der Waals surface area contributed by atoms with Gasteiger partial charge in [-0.3, -0.25) is 24.5 Å². The van der Waals surface area contributed by atoms with E-state index in [1.807, 2.05) is 25.1 Å². The predicted octanol–water partition coefficient (Wildman–Crippen LogP) is 6.83. The average Bonchev–Trinajstić information content (AvgIpc) is 3.72. The second-order valence-corrected chi connectivity index (χ2v) is 18.8. The molecule has 64 heavy (non-hydrogen) atoms. The number of unbranched alkanes of at least 4 members (excludes halogenated alkanes) is 1. The molecule has 0 saturated carbocycles. The van der Waals surface area contributed by atoms with E-state index in [4.69, 9.17) is 0 Å². The van der Waals surface area contributed by atoms with Crippen LogP contribution in [0, 0.1) is 24.7 Å². The number of likely N-dealkylation sites (tertiary alicyclic amines) is 2. The van der Waals surface area contributed by atoms with Crippen molar-refractivity contribution >= 4 is 45.8 Å². The number of rotatable bonds is 12. The Hall–Kier alpha value is -5.70. The summed E-state index contributed by atoms with van der Waals surface area (Å²) < 4.78 is 0. The van der Waals surface area contributed by atoms with E-state index in [2.05, 4.69) is 109 Å². The fraction of sp³-hybridized carbons (Fsp3) is 0.472. The first-order valence-corrected chi connectivity index (χ1v) is 23.8. The van der Waals surface area contributed by atoms with Crippen LogP contribution in [0.5, 0.6) is 0 Å². The molecule has 0 aliphatic carbocycles. The first kappa shape index (κ1) is 43.5. The molecule has 2 unspecified atom stereocenters. The van der Waals surface area contributed by atoms with E-state index in [1.165, 1.54) is 11.1 Å². The quantitative estimate of drug-likeness (QED) is 0.0695. The number of amides is 4. The molecule has 0 bridgehead atoms. The topological polar surface area (TPSA) is 126 Å². The summed E-state index contributed by atoms with van der Waals surface area (Å²) in [6.45, 7) is 11.4. The molecule has 4 amide bonds. The minimum atomic E-state index is -0.272. The maximum atomic E-state index is 13.5. The van der Waals surface area contributed by atoms with Crippen LogP contribution < -0.4 is 26.2 Å². The molecule has 0 aromatic heterocycles. The SMILES string of the molecule is Cc1ccc(NC2CNC2)cc1C(=O)NC(C)c1ccc(C#CC2CCN(CCCCC(=O)N3CCC(c4ccc5c(c4)CCN5C4CCC(=O)NC4=O)CC3)CC2)c2ccccc12. The molecule has 2 atom stereocenters. The minimum Gasteiger partial charge on any atom is -0.380 e. The lowest BCUT2D eigenvalue weighted by atomic mass is 9.88. The van der Waals surface area contributed by atoms with Gasteiger partial charge < -0.3 is 30.7 Å². The summed E-state index contributed by atoms with van der Waals surface area (Å²) >= 11 is 0. The Labute approximate surface area is 378 Å². The van der Waals surface area contributed by atoms with Crippen LogP contribution in [0.4, 0.5) is 11.4 Å². The number of nitrogens with zero attached hydrogens (tertiary/aromatic N) is 3. The van der Waals surface area contributed by atoms with Crippen molar-refractivity contribution in [3.8, 4) is 11.8 Å². The third-order valence-corrected chi connectivity index (χ3v) is 14.5. The summed E-state index contributed by atoms with van der Waals surface area (Å²) in [7, 11) is 0. The molecule has 5 heterocycles. The van der Waals surface area contributed by atoms with Crippen LogP contribution in [0.2, 0.25) is 0 Å². The highest BCUT2D eigenvalue weighted by Gasteiger charge is 2.35. The van der Waals surface area contributed by atoms with E-state index in [1.54, 1.807) is 0 Å². The lowest BCUT2D eigenvalue weighted by molar-refractivity contribution is -0.134. The fourth-order valence-corrected chi connectivity index (χ4v) is 10.5. The van der Waals surface area contributed by atoms with Gasteiger partial charge in [0.05, 0.1) is 12.1 Å². The second kappa shape index (κ2) is 19.6. The van der Waals surface area contributed by atoms with Gasteiger partial charge in [-0.15, -0.1) is 0 Å². The molecule has 334 valence electrons. The molecule has 4 N–H and O–H groups in total. The Morgan fingerprint density at radius 1 is 0.844 bits per heavy atom. The van der Waals surface area contributed by atoms with E-state index in [0.29, 0.717) is 42.7 Å². The Morgan fingerprint density at radius 3 is 2.41 bits per heavy atom. The Kier molecular flexibility index (Phi) is 13.3. The van der Waals surface area contributed by atoms with Crippen molar-refractivity contribution in [1.82, 2.24) is 25.8 Å². The van der Waals surface area contributed by atoms with E-state index in [0.717, 1.165) is 136 Å². The molecule has 0 spiro atoms. The molecule has 4 aromatic carbocycles. The summed E-state index contributed by atoms with van der Waals surface area (Å²) in [5, 5.41) is 14.8. The summed E-state index contributed by atoms with van der Waals surface area (Å²) in [4.78, 5) is 57.7. The normalized spacial score (nSPS) is 20.2. The molecule has 0 radical (unpaired) electrons. The van der Waals surface area contributed by atoms with Crippen molar-refractivity contribution in [2.45, 2.75) is 102 Å². The smallest absolute Gasteiger partial charge is 0.252 e. The first-order valence-electron chi connectivity index (χ1n) is 23.8. The van der Waals surface area contributed by atoms with Gasteiger partial charge in [0, 0.05) is 74.0 Å². The van der Waals surface area contributed by atoms with Crippen LogP contribution in [0.15, 0.2) is 72.8 Å². The van der Waals surface area contributed by atoms with Crippen molar-refractivity contribution in [2.24, 2.45) is 5.92 Å². The number of imide groups is 1. The number of carbonyl (C=O) groups is 4. The van der Waals surface area contributed by atoms with E-state index in [-0.39, 0.29) is 35.7 Å². The van der Waals surface area contributed by atoms with Crippen LogP contribution in [0.3, 0.4) is 0 Å². The third kappa shape index (κ3) is 9.84. The fourth-order valence-electron chi connectivity index (χ4n) is 10.5. The van der Waals surface area contributed by atoms with Crippen molar-refractivity contribution in [2.75, 3.05) is 62.6 Å². The van der Waals surface area contributed by atoms with Gasteiger partial charge in [-0.1, -0.05) is 60.4 Å². The highest BCUT2D eigenvalue weighted by molar-refractivity contribution is 6.02. The minimum absolute atomic E-state index is 0.0722. The van der Waals surface area contributed by atoms with Gasteiger partial charge in [-0.25, -0.2) is 0 Å². The Bertz CT molecular complexity index is 2450. The Morgan fingerprint density at radius 2 is 1.64 bits per heavy atom. The number of hydrogen-bond donors (Lipinski definition) is 4. The number of hydrogen-bond acceptors (Lipinski definition) is 8. The number of anilines is 2. The molecule has 11 heteroatoms. The van der Waals surface area contributed by atoms with Gasteiger partial charge in [0.2, 0.25) is 17.7 Å². The number of piperidine rings is 3. The summed E-state index contributed by atoms with van der Waals surface area (Å²) in [5.74, 6) is 7.81. The largest absolute Gasteiger partial charge is 0.380 e. The highest BCUT2D eigenvalue weighted by atomic mass is 16.2. The summed E-state index contributed by atoms with van der Waals surface area (Å²) in [6, 6.07) is 25.3. The first-order chi connectivity index (χ1) is 31.2. The van der Waals surface area contributed by atoms with Gasteiger partial charge in [0.25, 0.3) is 5.91 Å². The molecule has 4 fully saturated rings. The van der Waals surface area contributed by atoms with Crippen molar-refractivity contribution in [3.05, 3.63) is 106 Å². The maximum absolute atomic E-state index is 13.5. The molecule has 5 aliphatic rings. The molecule has 4 aromatic rings. The lowest BCUT2D eigenvalue weighted by Gasteiger charge is -2.33. The van der Waals surface area contributed by atoms with E-state index in [9.17, 15) is 19.2 Å². The van der Waals surface area contributed by atoms with E-state index >= 15 is 0 Å².